The van der Waals surface area contributed by atoms with Gasteiger partial charge in [0.1, 0.15) is 0 Å². The lowest BCUT2D eigenvalue weighted by atomic mass is 10.2. The molecule has 0 saturated carbocycles. The molecule has 1 N–H and O–H groups in total. The van der Waals surface area contributed by atoms with Crippen LogP contribution in [0.3, 0.4) is 0 Å². The van der Waals surface area contributed by atoms with E-state index in [1.165, 1.54) is 17.3 Å². The minimum Gasteiger partial charge on any atom is -0.475 e. The molecule has 0 amide bonds. The number of hydrogen-bond donors (Lipinski definition) is 1. The highest BCUT2D eigenvalue weighted by Gasteiger charge is 2.20. The predicted octanol–water partition coefficient (Wildman–Crippen LogP) is 2.61. The lowest BCUT2D eigenvalue weighted by Crippen LogP contribution is -2.46. The number of hydrogen-bond acceptors (Lipinski definition) is 4. The van der Waals surface area contributed by atoms with Crippen LogP contribution in [0.25, 0.3) is 0 Å². The zero-order valence-corrected chi connectivity index (χ0v) is 12.0. The van der Waals surface area contributed by atoms with Crippen LogP contribution in [-0.4, -0.2) is 37.3 Å². The van der Waals surface area contributed by atoms with Gasteiger partial charge in [0.05, 0.1) is 0 Å². The number of nitrogens with zero attached hydrogens (tertiary/aromatic N) is 2. The second-order valence-corrected chi connectivity index (χ2v) is 5.26. The van der Waals surface area contributed by atoms with Crippen LogP contribution in [0.15, 0.2) is 40.8 Å². The lowest BCUT2D eigenvalue weighted by molar-refractivity contribution is 0.0663. The van der Waals surface area contributed by atoms with Crippen molar-refractivity contribution in [2.24, 2.45) is 0 Å². The highest BCUT2D eigenvalue weighted by molar-refractivity contribution is 5.84. The second kappa shape index (κ2) is 5.52. The average molecular weight is 286 g/mol. The summed E-state index contributed by atoms with van der Waals surface area (Å²) in [5, 5.41) is 8.89. The van der Waals surface area contributed by atoms with E-state index in [0.29, 0.717) is 5.88 Å². The third-order valence-corrected chi connectivity index (χ3v) is 3.76. The molecule has 5 heteroatoms. The highest BCUT2D eigenvalue weighted by Crippen LogP contribution is 2.23. The SMILES string of the molecule is Cc1cccc(N2CCN(c3ccc(C(=O)O)o3)CC2)c1. The summed E-state index contributed by atoms with van der Waals surface area (Å²) in [6.45, 7) is 5.52. The van der Waals surface area contributed by atoms with Gasteiger partial charge in [-0.2, -0.15) is 0 Å². The zero-order chi connectivity index (χ0) is 14.8. The summed E-state index contributed by atoms with van der Waals surface area (Å²) in [7, 11) is 0. The van der Waals surface area contributed by atoms with Gasteiger partial charge in [0.25, 0.3) is 0 Å². The fourth-order valence-electron chi connectivity index (χ4n) is 2.62. The van der Waals surface area contributed by atoms with Crippen LogP contribution < -0.4 is 9.80 Å². The molecule has 0 aliphatic carbocycles. The fraction of sp³-hybridized carbons (Fsp3) is 0.312. The number of carbonyl (C=O) groups is 1. The Morgan fingerprint density at radius 3 is 2.43 bits per heavy atom. The number of aryl methyl sites for hydroxylation is 1. The summed E-state index contributed by atoms with van der Waals surface area (Å²) < 4.78 is 5.35. The van der Waals surface area contributed by atoms with Gasteiger partial charge >= 0.3 is 5.97 Å². The van der Waals surface area contributed by atoms with E-state index in [4.69, 9.17) is 9.52 Å². The fourth-order valence-corrected chi connectivity index (χ4v) is 2.62. The Kier molecular flexibility index (Phi) is 3.56. The number of benzene rings is 1. The third kappa shape index (κ3) is 2.86. The van der Waals surface area contributed by atoms with Gasteiger partial charge in [-0.15, -0.1) is 0 Å². The maximum Gasteiger partial charge on any atom is 0.371 e. The van der Waals surface area contributed by atoms with E-state index in [-0.39, 0.29) is 5.76 Å². The maximum absolute atomic E-state index is 10.8. The van der Waals surface area contributed by atoms with E-state index >= 15 is 0 Å². The molecule has 2 heterocycles. The van der Waals surface area contributed by atoms with Crippen molar-refractivity contribution in [2.75, 3.05) is 36.0 Å². The second-order valence-electron chi connectivity index (χ2n) is 5.26. The summed E-state index contributed by atoms with van der Waals surface area (Å²) in [6, 6.07) is 11.7. The largest absolute Gasteiger partial charge is 0.475 e. The molecular weight excluding hydrogens is 268 g/mol. The van der Waals surface area contributed by atoms with E-state index in [0.717, 1.165) is 26.2 Å². The molecule has 0 radical (unpaired) electrons. The number of aromatic carboxylic acids is 1. The zero-order valence-electron chi connectivity index (χ0n) is 12.0. The Hall–Kier alpha value is -2.43. The Labute approximate surface area is 123 Å². The normalized spacial score (nSPS) is 15.3. The molecule has 1 fully saturated rings. The van der Waals surface area contributed by atoms with Gasteiger partial charge in [-0.3, -0.25) is 0 Å². The predicted molar refractivity (Wildman–Crippen MR) is 81.3 cm³/mol. The number of furan rings is 1. The number of anilines is 2. The van der Waals surface area contributed by atoms with Crippen LogP contribution >= 0.6 is 0 Å². The molecule has 110 valence electrons. The van der Waals surface area contributed by atoms with Crippen molar-refractivity contribution in [1.82, 2.24) is 0 Å². The number of carboxylic acids is 1. The van der Waals surface area contributed by atoms with E-state index < -0.39 is 5.97 Å². The molecule has 0 unspecified atom stereocenters. The summed E-state index contributed by atoms with van der Waals surface area (Å²) in [6.07, 6.45) is 0. The quantitative estimate of drug-likeness (QED) is 0.940. The Bertz CT molecular complexity index is 642. The lowest BCUT2D eigenvalue weighted by Gasteiger charge is -2.36. The van der Waals surface area contributed by atoms with Crippen LogP contribution in [0.2, 0.25) is 0 Å². The topological polar surface area (TPSA) is 56.9 Å². The van der Waals surface area contributed by atoms with Gasteiger partial charge in [0.2, 0.25) is 5.76 Å². The van der Waals surface area contributed by atoms with E-state index in [2.05, 4.69) is 41.0 Å². The smallest absolute Gasteiger partial charge is 0.371 e. The van der Waals surface area contributed by atoms with Gasteiger partial charge in [-0.05, 0) is 30.7 Å². The van der Waals surface area contributed by atoms with Gasteiger partial charge in [0.15, 0.2) is 5.88 Å². The van der Waals surface area contributed by atoms with Crippen molar-refractivity contribution in [1.29, 1.82) is 0 Å². The molecule has 1 saturated heterocycles. The number of rotatable bonds is 3. The summed E-state index contributed by atoms with van der Waals surface area (Å²) >= 11 is 0. The standard InChI is InChI=1S/C16H18N2O3/c1-12-3-2-4-13(11-12)17-7-9-18(10-8-17)15-6-5-14(21-15)16(19)20/h2-6,11H,7-10H2,1H3,(H,19,20). The third-order valence-electron chi connectivity index (χ3n) is 3.76. The van der Waals surface area contributed by atoms with Gasteiger partial charge in [-0.25, -0.2) is 4.79 Å². The first-order valence-corrected chi connectivity index (χ1v) is 7.03. The molecule has 1 aromatic heterocycles. The van der Waals surface area contributed by atoms with E-state index in [1.807, 2.05) is 0 Å². The molecule has 5 nitrogen and oxygen atoms in total. The van der Waals surface area contributed by atoms with Crippen molar-refractivity contribution in [3.05, 3.63) is 47.7 Å². The van der Waals surface area contributed by atoms with Gasteiger partial charge in [0, 0.05) is 37.9 Å². The molecule has 3 rings (SSSR count). The molecule has 21 heavy (non-hydrogen) atoms. The summed E-state index contributed by atoms with van der Waals surface area (Å²) in [5.74, 6) is -0.401. The molecule has 2 aromatic rings. The van der Waals surface area contributed by atoms with Crippen molar-refractivity contribution in [2.45, 2.75) is 6.92 Å². The van der Waals surface area contributed by atoms with Gasteiger partial charge < -0.3 is 19.3 Å². The molecule has 1 aliphatic rings. The van der Waals surface area contributed by atoms with Gasteiger partial charge in [-0.1, -0.05) is 12.1 Å². The van der Waals surface area contributed by atoms with Crippen molar-refractivity contribution in [3.8, 4) is 0 Å². The Morgan fingerprint density at radius 2 is 1.81 bits per heavy atom. The molecular formula is C16H18N2O3. The van der Waals surface area contributed by atoms with E-state index in [9.17, 15) is 4.79 Å². The van der Waals surface area contributed by atoms with Crippen molar-refractivity contribution >= 4 is 17.5 Å². The Balaban J connectivity index is 1.66. The first-order valence-electron chi connectivity index (χ1n) is 7.03. The van der Waals surface area contributed by atoms with Crippen LogP contribution in [0.4, 0.5) is 11.6 Å². The number of carboxylic acid groups (broad SMARTS) is 1. The average Bonchev–Trinajstić information content (AvgIpc) is 2.97. The van der Waals surface area contributed by atoms with Crippen LogP contribution in [-0.2, 0) is 0 Å². The maximum atomic E-state index is 10.8. The summed E-state index contributed by atoms with van der Waals surface area (Å²) in [5.41, 5.74) is 2.49. The van der Waals surface area contributed by atoms with Crippen molar-refractivity contribution in [3.63, 3.8) is 0 Å². The van der Waals surface area contributed by atoms with Crippen LogP contribution in [0.5, 0.6) is 0 Å². The molecule has 0 spiro atoms. The monoisotopic (exact) mass is 286 g/mol. The number of piperazine rings is 1. The Morgan fingerprint density at radius 1 is 1.10 bits per heavy atom. The highest BCUT2D eigenvalue weighted by atomic mass is 16.4. The van der Waals surface area contributed by atoms with Crippen LogP contribution in [0.1, 0.15) is 16.1 Å². The molecule has 1 aromatic carbocycles. The van der Waals surface area contributed by atoms with Crippen molar-refractivity contribution < 1.29 is 14.3 Å². The molecule has 0 atom stereocenters. The molecule has 1 aliphatic heterocycles. The molecule has 0 bridgehead atoms. The summed E-state index contributed by atoms with van der Waals surface area (Å²) in [4.78, 5) is 15.3. The minimum atomic E-state index is -1.03. The first kappa shape index (κ1) is 13.5. The first-order chi connectivity index (χ1) is 10.1. The van der Waals surface area contributed by atoms with E-state index in [1.54, 1.807) is 6.07 Å². The minimum absolute atomic E-state index is 0.00823. The van der Waals surface area contributed by atoms with Crippen LogP contribution in [0, 0.1) is 6.92 Å².